The largest absolute Gasteiger partial charge is 0.393 e. The van der Waals surface area contributed by atoms with E-state index in [0.717, 1.165) is 0 Å². The molecular formula is C10H17N3O2S. The summed E-state index contributed by atoms with van der Waals surface area (Å²) in [6, 6.07) is 0. The highest BCUT2D eigenvalue weighted by atomic mass is 32.1. The van der Waals surface area contributed by atoms with E-state index in [9.17, 15) is 4.79 Å². The number of nitrogens with zero attached hydrogens (tertiary/aromatic N) is 2. The number of likely N-dealkylation sites (N-methyl/N-ethyl adjacent to an activating group) is 1. The summed E-state index contributed by atoms with van der Waals surface area (Å²) >= 11 is 1.33. The minimum atomic E-state index is -0.384. The van der Waals surface area contributed by atoms with Crippen LogP contribution in [-0.4, -0.2) is 40.6 Å². The smallest absolute Gasteiger partial charge is 0.228 e. The normalized spacial score (nSPS) is 12.4. The highest BCUT2D eigenvalue weighted by Gasteiger charge is 2.12. The number of aliphatic hydroxyl groups excluding tert-OH is 1. The van der Waals surface area contributed by atoms with Gasteiger partial charge in [0, 0.05) is 19.0 Å². The van der Waals surface area contributed by atoms with Gasteiger partial charge in [-0.1, -0.05) is 0 Å². The van der Waals surface area contributed by atoms with E-state index in [0.29, 0.717) is 23.8 Å². The highest BCUT2D eigenvalue weighted by Crippen LogP contribution is 2.12. The molecule has 1 atom stereocenters. The van der Waals surface area contributed by atoms with Crippen molar-refractivity contribution >= 4 is 22.4 Å². The van der Waals surface area contributed by atoms with Crippen LogP contribution in [0, 0.1) is 0 Å². The lowest BCUT2D eigenvalue weighted by Crippen LogP contribution is -2.30. The van der Waals surface area contributed by atoms with Gasteiger partial charge in [0.25, 0.3) is 0 Å². The monoisotopic (exact) mass is 243 g/mol. The second kappa shape index (κ2) is 5.81. The number of amides is 1. The first kappa shape index (κ1) is 12.9. The van der Waals surface area contributed by atoms with Gasteiger partial charge < -0.3 is 15.7 Å². The number of hydrogen-bond donors (Lipinski definition) is 2. The Morgan fingerprint density at radius 3 is 2.94 bits per heavy atom. The molecule has 0 aliphatic rings. The summed E-state index contributed by atoms with van der Waals surface area (Å²) in [7, 11) is 1.72. The number of rotatable bonds is 5. The molecule has 0 bridgehead atoms. The predicted molar refractivity (Wildman–Crippen MR) is 64.2 cm³/mol. The molecular weight excluding hydrogens is 226 g/mol. The Hall–Kier alpha value is -1.14. The zero-order chi connectivity index (χ0) is 12.1. The third-order valence-corrected chi connectivity index (χ3v) is 2.93. The number of aliphatic hydroxyl groups is 1. The van der Waals surface area contributed by atoms with Crippen LogP contribution in [0.4, 0.5) is 5.13 Å². The summed E-state index contributed by atoms with van der Waals surface area (Å²) in [6.45, 7) is 2.26. The molecule has 1 aromatic heterocycles. The van der Waals surface area contributed by atoms with E-state index in [4.69, 9.17) is 10.8 Å². The minimum Gasteiger partial charge on any atom is -0.393 e. The molecule has 90 valence electrons. The van der Waals surface area contributed by atoms with Crippen molar-refractivity contribution in [1.82, 2.24) is 9.88 Å². The average Bonchev–Trinajstić information content (AvgIpc) is 2.60. The van der Waals surface area contributed by atoms with Gasteiger partial charge in [-0.15, -0.1) is 11.3 Å². The number of anilines is 1. The minimum absolute atomic E-state index is 0.00838. The quantitative estimate of drug-likeness (QED) is 0.789. The first-order valence-corrected chi connectivity index (χ1v) is 5.99. The molecule has 1 heterocycles. The lowest BCUT2D eigenvalue weighted by Gasteiger charge is -2.17. The molecule has 16 heavy (non-hydrogen) atoms. The van der Waals surface area contributed by atoms with Crippen LogP contribution in [0.15, 0.2) is 5.38 Å². The van der Waals surface area contributed by atoms with E-state index < -0.39 is 0 Å². The van der Waals surface area contributed by atoms with Gasteiger partial charge in [0.1, 0.15) is 0 Å². The number of thiazole rings is 1. The van der Waals surface area contributed by atoms with Gasteiger partial charge in [-0.2, -0.15) is 0 Å². The number of nitrogen functional groups attached to an aromatic ring is 1. The number of carbonyl (C=O) groups excluding carboxylic acids is 1. The number of aromatic nitrogens is 1. The van der Waals surface area contributed by atoms with Crippen molar-refractivity contribution in [3.05, 3.63) is 11.1 Å². The second-order valence-corrected chi connectivity index (χ2v) is 4.70. The molecule has 0 saturated carbocycles. The first-order chi connectivity index (χ1) is 7.49. The van der Waals surface area contributed by atoms with E-state index in [1.54, 1.807) is 24.3 Å². The maximum absolute atomic E-state index is 11.7. The highest BCUT2D eigenvalue weighted by molar-refractivity contribution is 7.13. The lowest BCUT2D eigenvalue weighted by atomic mass is 10.2. The fourth-order valence-corrected chi connectivity index (χ4v) is 1.76. The summed E-state index contributed by atoms with van der Waals surface area (Å²) in [6.07, 6.45) is 0.469. The molecule has 0 aliphatic heterocycles. The van der Waals surface area contributed by atoms with E-state index in [1.165, 1.54) is 11.3 Å². The SMILES string of the molecule is CC(O)CCN(C)C(=O)Cc1csc(N)n1. The van der Waals surface area contributed by atoms with Crippen molar-refractivity contribution in [2.24, 2.45) is 0 Å². The van der Waals surface area contributed by atoms with Gasteiger partial charge in [-0.05, 0) is 13.3 Å². The summed E-state index contributed by atoms with van der Waals surface area (Å²) < 4.78 is 0. The van der Waals surface area contributed by atoms with Crippen LogP contribution in [0.3, 0.4) is 0 Å². The predicted octanol–water partition coefficient (Wildman–Crippen LogP) is 0.497. The molecule has 0 aliphatic carbocycles. The van der Waals surface area contributed by atoms with Crippen molar-refractivity contribution in [2.45, 2.75) is 25.9 Å². The van der Waals surface area contributed by atoms with Crippen molar-refractivity contribution in [3.63, 3.8) is 0 Å². The van der Waals surface area contributed by atoms with E-state index in [2.05, 4.69) is 4.98 Å². The molecule has 0 fully saturated rings. The molecule has 0 saturated heterocycles. The van der Waals surface area contributed by atoms with E-state index >= 15 is 0 Å². The summed E-state index contributed by atoms with van der Waals surface area (Å²) in [4.78, 5) is 17.3. The Kier molecular flexibility index (Phi) is 4.70. The van der Waals surface area contributed by atoms with Gasteiger partial charge in [-0.3, -0.25) is 4.79 Å². The van der Waals surface area contributed by atoms with Crippen molar-refractivity contribution in [2.75, 3.05) is 19.3 Å². The van der Waals surface area contributed by atoms with Gasteiger partial charge in [0.15, 0.2) is 5.13 Å². The van der Waals surface area contributed by atoms with Gasteiger partial charge in [0.05, 0.1) is 18.2 Å². The van der Waals surface area contributed by atoms with Crippen molar-refractivity contribution < 1.29 is 9.90 Å². The second-order valence-electron chi connectivity index (χ2n) is 3.81. The van der Waals surface area contributed by atoms with Crippen LogP contribution in [0.25, 0.3) is 0 Å². The Balaban J connectivity index is 2.39. The number of nitrogens with two attached hydrogens (primary N) is 1. The molecule has 1 rings (SSSR count). The van der Waals surface area contributed by atoms with Gasteiger partial charge in [0.2, 0.25) is 5.91 Å². The lowest BCUT2D eigenvalue weighted by molar-refractivity contribution is -0.129. The van der Waals surface area contributed by atoms with Gasteiger partial charge in [-0.25, -0.2) is 4.98 Å². The van der Waals surface area contributed by atoms with Crippen LogP contribution >= 0.6 is 11.3 Å². The maximum Gasteiger partial charge on any atom is 0.228 e. The standard InChI is InChI=1S/C10H17N3O2S/c1-7(14)3-4-13(2)9(15)5-8-6-16-10(11)12-8/h6-7,14H,3-5H2,1-2H3,(H2,11,12). The van der Waals surface area contributed by atoms with E-state index in [-0.39, 0.29) is 18.4 Å². The van der Waals surface area contributed by atoms with Crippen molar-refractivity contribution in [3.8, 4) is 0 Å². The fraction of sp³-hybridized carbons (Fsp3) is 0.600. The molecule has 1 unspecified atom stereocenters. The Bertz CT molecular complexity index is 352. The Morgan fingerprint density at radius 2 is 2.44 bits per heavy atom. The Labute approximate surface area is 98.9 Å². The molecule has 0 aromatic carbocycles. The number of carbonyl (C=O) groups is 1. The molecule has 1 aromatic rings. The van der Waals surface area contributed by atoms with E-state index in [1.807, 2.05) is 0 Å². The maximum atomic E-state index is 11.7. The summed E-state index contributed by atoms with van der Waals surface area (Å²) in [5.41, 5.74) is 6.18. The zero-order valence-electron chi connectivity index (χ0n) is 9.51. The fourth-order valence-electron chi connectivity index (χ4n) is 1.20. The van der Waals surface area contributed by atoms with Gasteiger partial charge >= 0.3 is 0 Å². The molecule has 0 spiro atoms. The third-order valence-electron chi connectivity index (χ3n) is 2.21. The van der Waals surface area contributed by atoms with Crippen LogP contribution in [-0.2, 0) is 11.2 Å². The Morgan fingerprint density at radius 1 is 1.75 bits per heavy atom. The molecule has 6 heteroatoms. The third kappa shape index (κ3) is 4.16. The molecule has 1 amide bonds. The summed E-state index contributed by atoms with van der Waals surface area (Å²) in [5, 5.41) is 11.4. The molecule has 3 N–H and O–H groups in total. The summed E-state index contributed by atoms with van der Waals surface area (Å²) in [5.74, 6) is -0.00838. The zero-order valence-corrected chi connectivity index (χ0v) is 10.3. The number of hydrogen-bond acceptors (Lipinski definition) is 5. The molecule has 0 radical (unpaired) electrons. The topological polar surface area (TPSA) is 79.5 Å². The van der Waals surface area contributed by atoms with Crippen molar-refractivity contribution in [1.29, 1.82) is 0 Å². The van der Waals surface area contributed by atoms with Crippen LogP contribution in [0.5, 0.6) is 0 Å². The van der Waals surface area contributed by atoms with Crippen LogP contribution < -0.4 is 5.73 Å². The molecule has 5 nitrogen and oxygen atoms in total. The first-order valence-electron chi connectivity index (χ1n) is 5.11. The van der Waals surface area contributed by atoms with Crippen LogP contribution in [0.1, 0.15) is 19.0 Å². The average molecular weight is 243 g/mol. The van der Waals surface area contributed by atoms with Crippen LogP contribution in [0.2, 0.25) is 0 Å².